The molecule has 1 fully saturated rings. The minimum atomic E-state index is -1.46. The first-order chi connectivity index (χ1) is 15.9. The number of oxime groups is 1. The Morgan fingerprint density at radius 2 is 2.24 bits per heavy atom. The number of anilines is 1. The zero-order valence-electron chi connectivity index (χ0n) is 17.8. The number of amides is 2. The van der Waals surface area contributed by atoms with E-state index in [1.54, 1.807) is 17.0 Å². The van der Waals surface area contributed by atoms with E-state index in [4.69, 9.17) is 10.6 Å². The molecule has 2 aliphatic rings. The zero-order valence-corrected chi connectivity index (χ0v) is 23.1. The molecular formula is C18H15N6NaO5S4. The normalized spacial score (nSPS) is 20.0. The number of hydrogen-bond donors (Lipinski definition) is 2. The molecule has 16 heteroatoms. The molecule has 34 heavy (non-hydrogen) atoms. The van der Waals surface area contributed by atoms with Gasteiger partial charge in [-0.25, -0.2) is 9.97 Å². The molecule has 4 heterocycles. The summed E-state index contributed by atoms with van der Waals surface area (Å²) in [6, 6.07) is -0.938. The van der Waals surface area contributed by atoms with Crippen LogP contribution in [0.15, 0.2) is 37.4 Å². The Morgan fingerprint density at radius 3 is 2.85 bits per heavy atom. The molecule has 0 aliphatic carbocycles. The van der Waals surface area contributed by atoms with Crippen LogP contribution in [0.3, 0.4) is 0 Å². The van der Waals surface area contributed by atoms with Crippen molar-refractivity contribution >= 4 is 80.9 Å². The summed E-state index contributed by atoms with van der Waals surface area (Å²) in [5.74, 6) is -2.37. The second kappa shape index (κ2) is 11.7. The fourth-order valence-corrected chi connectivity index (χ4v) is 6.47. The Bertz CT molecular complexity index is 1180. The van der Waals surface area contributed by atoms with E-state index < -0.39 is 29.2 Å². The first kappa shape index (κ1) is 26.7. The van der Waals surface area contributed by atoms with Gasteiger partial charge in [0.05, 0.1) is 22.9 Å². The summed E-state index contributed by atoms with van der Waals surface area (Å²) in [6.07, 6.45) is 1.75. The molecule has 0 radical (unpaired) electrons. The average Bonchev–Trinajstić information content (AvgIpc) is 3.46. The number of carbonyl (C=O) groups excluding carboxylic acids is 3. The number of hydrogen-bond acceptors (Lipinski definition) is 13. The first-order valence-corrected chi connectivity index (χ1v) is 12.9. The van der Waals surface area contributed by atoms with Crippen LogP contribution < -0.4 is 45.7 Å². The number of carboxylic acid groups (broad SMARTS) is 1. The van der Waals surface area contributed by atoms with Crippen LogP contribution in [0.2, 0.25) is 0 Å². The number of aromatic nitrogens is 2. The van der Waals surface area contributed by atoms with Gasteiger partial charge in [-0.05, 0) is 11.5 Å². The van der Waals surface area contributed by atoms with E-state index in [-0.39, 0.29) is 51.8 Å². The van der Waals surface area contributed by atoms with Crippen LogP contribution in [-0.4, -0.2) is 62.6 Å². The summed E-state index contributed by atoms with van der Waals surface area (Å²) >= 11 is 5.09. The van der Waals surface area contributed by atoms with Crippen LogP contribution in [-0.2, 0) is 19.2 Å². The fourth-order valence-electron chi connectivity index (χ4n) is 3.06. The third-order valence-electron chi connectivity index (χ3n) is 4.48. The SMILES string of the molecule is CO/N=C(\C(=O)N[C@@H]1C(=O)N2C(C(=O)[O-])=C(S/C=C\c3cscn3)CS[C@H]12)c1csc(N)n1.[Na+]. The van der Waals surface area contributed by atoms with Crippen molar-refractivity contribution in [2.24, 2.45) is 5.16 Å². The second-order valence-electron chi connectivity index (χ2n) is 6.45. The number of aliphatic carboxylic acids is 1. The van der Waals surface area contributed by atoms with Gasteiger partial charge in [-0.3, -0.25) is 14.5 Å². The standard InChI is InChI=1S/C18H16N6O5S4.Na/c1-29-23-11(9-5-33-18(19)21-9)14(25)22-12-15(26)24-13(17(27)28)10(6-32-16(12)24)31-3-2-8-4-30-7-20-8;/h2-5,7,12,16H,6H2,1H3,(H2,19,21)(H,22,25)(H,27,28);/q;+1/p-1/b3-2-,23-11-;/t12-,16-;/m1./s1. The number of carboxylic acids is 1. The summed E-state index contributed by atoms with van der Waals surface area (Å²) in [6.45, 7) is 0. The molecule has 0 bridgehead atoms. The molecule has 11 nitrogen and oxygen atoms in total. The largest absolute Gasteiger partial charge is 1.00 e. The van der Waals surface area contributed by atoms with E-state index in [2.05, 4.69) is 20.4 Å². The van der Waals surface area contributed by atoms with E-state index in [0.717, 1.165) is 21.9 Å². The molecule has 0 spiro atoms. The molecule has 2 amide bonds. The average molecular weight is 547 g/mol. The predicted octanol–water partition coefficient (Wildman–Crippen LogP) is -2.70. The van der Waals surface area contributed by atoms with E-state index in [0.29, 0.717) is 10.7 Å². The fraction of sp³-hybridized carbons (Fsp3) is 0.222. The molecule has 3 N–H and O–H groups in total. The van der Waals surface area contributed by atoms with Gasteiger partial charge in [0.25, 0.3) is 11.8 Å². The van der Waals surface area contributed by atoms with Gasteiger partial charge in [-0.2, -0.15) is 0 Å². The quantitative estimate of drug-likeness (QED) is 0.154. The molecule has 0 saturated carbocycles. The van der Waals surface area contributed by atoms with Crippen molar-refractivity contribution in [3.63, 3.8) is 0 Å². The van der Waals surface area contributed by atoms with Crippen LogP contribution in [0, 0.1) is 0 Å². The number of β-lactam (4-membered cyclic amide) rings is 1. The molecule has 0 aromatic carbocycles. The van der Waals surface area contributed by atoms with Crippen molar-refractivity contribution < 1.29 is 53.9 Å². The maximum Gasteiger partial charge on any atom is 1.00 e. The number of thiazole rings is 2. The maximum atomic E-state index is 12.8. The van der Waals surface area contributed by atoms with Crippen LogP contribution >= 0.6 is 46.2 Å². The van der Waals surface area contributed by atoms with Gasteiger partial charge >= 0.3 is 29.6 Å². The molecule has 2 aromatic rings. The van der Waals surface area contributed by atoms with Gasteiger partial charge in [0, 0.05) is 21.4 Å². The van der Waals surface area contributed by atoms with Gasteiger partial charge in [0.15, 0.2) is 10.8 Å². The Kier molecular flexibility index (Phi) is 9.20. The number of nitrogens with zero attached hydrogens (tertiary/aromatic N) is 4. The van der Waals surface area contributed by atoms with Crippen LogP contribution in [0.5, 0.6) is 0 Å². The molecular weight excluding hydrogens is 531 g/mol. The van der Waals surface area contributed by atoms with E-state index in [1.807, 2.05) is 5.38 Å². The third kappa shape index (κ3) is 5.50. The first-order valence-electron chi connectivity index (χ1n) is 9.14. The number of carbonyl (C=O) groups is 3. The molecule has 1 saturated heterocycles. The summed E-state index contributed by atoms with van der Waals surface area (Å²) in [5, 5.41) is 22.9. The van der Waals surface area contributed by atoms with Crippen molar-refractivity contribution in [2.45, 2.75) is 11.4 Å². The van der Waals surface area contributed by atoms with Crippen LogP contribution in [0.25, 0.3) is 6.08 Å². The molecule has 172 valence electrons. The van der Waals surface area contributed by atoms with E-state index in [1.165, 1.54) is 47.4 Å². The minimum Gasteiger partial charge on any atom is -0.543 e. The summed E-state index contributed by atoms with van der Waals surface area (Å²) < 4.78 is 0. The molecule has 2 atom stereocenters. The van der Waals surface area contributed by atoms with Crippen molar-refractivity contribution in [3.05, 3.63) is 43.7 Å². The number of nitrogen functional groups attached to an aromatic ring is 1. The molecule has 2 aromatic heterocycles. The molecule has 4 rings (SSSR count). The number of nitrogens with one attached hydrogen (secondary N) is 1. The Balaban J connectivity index is 0.00000324. The van der Waals surface area contributed by atoms with Gasteiger partial charge < -0.3 is 25.8 Å². The zero-order chi connectivity index (χ0) is 23.5. The maximum absolute atomic E-state index is 12.8. The number of nitrogens with two attached hydrogens (primary N) is 1. The molecule has 0 unspecified atom stereocenters. The summed E-state index contributed by atoms with van der Waals surface area (Å²) in [5.41, 5.74) is 7.93. The van der Waals surface area contributed by atoms with Gasteiger partial charge in [-0.15, -0.1) is 34.4 Å². The van der Waals surface area contributed by atoms with Gasteiger partial charge in [0.2, 0.25) is 0 Å². The Hall–Kier alpha value is -1.88. The van der Waals surface area contributed by atoms with Crippen molar-refractivity contribution in [3.8, 4) is 0 Å². The van der Waals surface area contributed by atoms with E-state index in [9.17, 15) is 19.5 Å². The number of rotatable bonds is 8. The van der Waals surface area contributed by atoms with Gasteiger partial charge in [0.1, 0.15) is 24.2 Å². The summed E-state index contributed by atoms with van der Waals surface area (Å²) in [4.78, 5) is 51.9. The Morgan fingerprint density at radius 1 is 1.44 bits per heavy atom. The van der Waals surface area contributed by atoms with Crippen molar-refractivity contribution in [2.75, 3.05) is 18.6 Å². The predicted molar refractivity (Wildman–Crippen MR) is 126 cm³/mol. The monoisotopic (exact) mass is 546 g/mol. The van der Waals surface area contributed by atoms with Gasteiger partial charge in [-0.1, -0.05) is 16.9 Å². The smallest absolute Gasteiger partial charge is 0.543 e. The number of thioether (sulfide) groups is 2. The van der Waals surface area contributed by atoms with E-state index >= 15 is 0 Å². The van der Waals surface area contributed by atoms with Crippen molar-refractivity contribution in [1.29, 1.82) is 0 Å². The molecule has 2 aliphatic heterocycles. The summed E-state index contributed by atoms with van der Waals surface area (Å²) in [7, 11) is 1.27. The Labute approximate surface area is 232 Å². The third-order valence-corrected chi connectivity index (χ3v) is 8.11. The minimum absolute atomic E-state index is 0. The van der Waals surface area contributed by atoms with Crippen LogP contribution in [0.1, 0.15) is 11.4 Å². The van der Waals surface area contributed by atoms with Crippen molar-refractivity contribution in [1.82, 2.24) is 20.2 Å². The number of fused-ring (bicyclic) bond motifs is 1. The second-order valence-corrected chi connectivity index (χ2v) is 10.2. The van der Waals surface area contributed by atoms with Crippen LogP contribution in [0.4, 0.5) is 5.13 Å². The topological polar surface area (TPSA) is 163 Å².